The molecule has 0 aromatic carbocycles. The van der Waals surface area contributed by atoms with Crippen LogP contribution in [0.25, 0.3) is 0 Å². The van der Waals surface area contributed by atoms with E-state index in [-0.39, 0.29) is 11.8 Å². The number of hydrogen-bond acceptors (Lipinski definition) is 2. The Morgan fingerprint density at radius 2 is 2.26 bits per heavy atom. The molecule has 19 heavy (non-hydrogen) atoms. The first-order chi connectivity index (χ1) is 9.26. The molecule has 0 aromatic heterocycles. The first kappa shape index (κ1) is 14.6. The molecule has 3 nitrogen and oxygen atoms in total. The molecule has 1 fully saturated rings. The number of hydrogen-bond donors (Lipinski definition) is 1. The zero-order valence-corrected chi connectivity index (χ0v) is 12.1. The van der Waals surface area contributed by atoms with Crippen LogP contribution in [0.5, 0.6) is 0 Å². The molecule has 1 saturated carbocycles. The molecule has 108 valence electrons. The fourth-order valence-corrected chi connectivity index (χ4v) is 3.08. The number of carbonyl (C=O) groups is 1. The molecule has 0 radical (unpaired) electrons. The summed E-state index contributed by atoms with van der Waals surface area (Å²) < 4.78 is 5.47. The minimum Gasteiger partial charge on any atom is -0.382 e. The monoisotopic (exact) mass is 265 g/mol. The van der Waals surface area contributed by atoms with Crippen molar-refractivity contribution in [2.24, 2.45) is 11.3 Å². The summed E-state index contributed by atoms with van der Waals surface area (Å²) in [6.45, 7) is 4.50. The van der Waals surface area contributed by atoms with Crippen LogP contribution in [0.4, 0.5) is 0 Å². The second-order valence-electron chi connectivity index (χ2n) is 6.00. The van der Waals surface area contributed by atoms with E-state index in [2.05, 4.69) is 17.5 Å². The molecule has 1 atom stereocenters. The number of carbonyl (C=O) groups excluding carboxylic acids is 1. The Morgan fingerprint density at radius 1 is 1.42 bits per heavy atom. The molecule has 2 rings (SSSR count). The van der Waals surface area contributed by atoms with Crippen LogP contribution < -0.4 is 5.32 Å². The Labute approximate surface area is 116 Å². The van der Waals surface area contributed by atoms with Gasteiger partial charge >= 0.3 is 0 Å². The standard InChI is InChI=1S/C16H27NO2/c1-2-19-12-11-16(9-6-10-16)13-17-15(18)14-7-4-3-5-8-14/h3-4,14H,2,5-13H2,1H3,(H,17,18). The summed E-state index contributed by atoms with van der Waals surface area (Å²) >= 11 is 0. The summed E-state index contributed by atoms with van der Waals surface area (Å²) in [6.07, 6.45) is 12.2. The van der Waals surface area contributed by atoms with E-state index in [0.29, 0.717) is 5.41 Å². The third kappa shape index (κ3) is 4.07. The first-order valence-electron chi connectivity index (χ1n) is 7.76. The van der Waals surface area contributed by atoms with E-state index in [9.17, 15) is 4.79 Å². The van der Waals surface area contributed by atoms with Crippen molar-refractivity contribution < 1.29 is 9.53 Å². The zero-order valence-electron chi connectivity index (χ0n) is 12.1. The van der Waals surface area contributed by atoms with Gasteiger partial charge in [0, 0.05) is 25.7 Å². The van der Waals surface area contributed by atoms with Gasteiger partial charge in [-0.15, -0.1) is 0 Å². The maximum Gasteiger partial charge on any atom is 0.223 e. The van der Waals surface area contributed by atoms with Crippen LogP contribution in [0.3, 0.4) is 0 Å². The minimum atomic E-state index is 0.203. The lowest BCUT2D eigenvalue weighted by Gasteiger charge is -2.42. The van der Waals surface area contributed by atoms with Crippen LogP contribution in [0.2, 0.25) is 0 Å². The molecular weight excluding hydrogens is 238 g/mol. The molecule has 1 amide bonds. The number of rotatable bonds is 7. The van der Waals surface area contributed by atoms with E-state index in [4.69, 9.17) is 4.74 Å². The molecular formula is C16H27NO2. The van der Waals surface area contributed by atoms with Gasteiger partial charge < -0.3 is 10.1 Å². The van der Waals surface area contributed by atoms with Crippen molar-refractivity contribution >= 4 is 5.91 Å². The third-order valence-corrected chi connectivity index (χ3v) is 4.67. The van der Waals surface area contributed by atoms with Crippen LogP contribution in [-0.2, 0) is 9.53 Å². The van der Waals surface area contributed by atoms with Gasteiger partial charge in [-0.25, -0.2) is 0 Å². The second kappa shape index (κ2) is 7.09. The SMILES string of the molecule is CCOCCC1(CNC(=O)C2CC=CCC2)CCC1. The van der Waals surface area contributed by atoms with Gasteiger partial charge in [0.1, 0.15) is 0 Å². The van der Waals surface area contributed by atoms with Gasteiger partial charge in [-0.05, 0) is 50.9 Å². The van der Waals surface area contributed by atoms with Crippen LogP contribution in [0, 0.1) is 11.3 Å². The zero-order chi connectivity index (χ0) is 13.6. The van der Waals surface area contributed by atoms with Crippen molar-refractivity contribution in [1.29, 1.82) is 0 Å². The Morgan fingerprint density at radius 3 is 2.84 bits per heavy atom. The normalized spacial score (nSPS) is 24.8. The van der Waals surface area contributed by atoms with Crippen molar-refractivity contribution in [3.05, 3.63) is 12.2 Å². The summed E-state index contributed by atoms with van der Waals surface area (Å²) in [7, 11) is 0. The molecule has 2 aliphatic carbocycles. The highest BCUT2D eigenvalue weighted by atomic mass is 16.5. The van der Waals surface area contributed by atoms with E-state index >= 15 is 0 Å². The van der Waals surface area contributed by atoms with E-state index in [1.54, 1.807) is 0 Å². The van der Waals surface area contributed by atoms with Gasteiger partial charge in [-0.2, -0.15) is 0 Å². The van der Waals surface area contributed by atoms with E-state index in [1.807, 2.05) is 6.92 Å². The van der Waals surface area contributed by atoms with Gasteiger partial charge in [-0.3, -0.25) is 4.79 Å². The van der Waals surface area contributed by atoms with Gasteiger partial charge in [0.05, 0.1) is 0 Å². The lowest BCUT2D eigenvalue weighted by atomic mass is 9.66. The molecule has 3 heteroatoms. The molecule has 0 saturated heterocycles. The average Bonchev–Trinajstić information content (AvgIpc) is 2.41. The predicted octanol–water partition coefficient (Wildman–Crippen LogP) is 3.06. The van der Waals surface area contributed by atoms with Gasteiger partial charge in [0.2, 0.25) is 5.91 Å². The van der Waals surface area contributed by atoms with Gasteiger partial charge in [0.25, 0.3) is 0 Å². The van der Waals surface area contributed by atoms with Crippen LogP contribution in [0.15, 0.2) is 12.2 Å². The number of allylic oxidation sites excluding steroid dienone is 2. The van der Waals surface area contributed by atoms with E-state index in [0.717, 1.165) is 45.4 Å². The van der Waals surface area contributed by atoms with E-state index in [1.165, 1.54) is 19.3 Å². The molecule has 0 heterocycles. The van der Waals surface area contributed by atoms with Crippen LogP contribution >= 0.6 is 0 Å². The molecule has 0 spiro atoms. The Bertz CT molecular complexity index is 321. The molecule has 0 bridgehead atoms. The smallest absolute Gasteiger partial charge is 0.223 e. The van der Waals surface area contributed by atoms with Crippen LogP contribution in [-0.4, -0.2) is 25.7 Å². The molecule has 0 aromatic rings. The van der Waals surface area contributed by atoms with Crippen molar-refractivity contribution in [2.75, 3.05) is 19.8 Å². The topological polar surface area (TPSA) is 38.3 Å². The average molecular weight is 265 g/mol. The quantitative estimate of drug-likeness (QED) is 0.567. The fourth-order valence-electron chi connectivity index (χ4n) is 3.08. The van der Waals surface area contributed by atoms with Crippen molar-refractivity contribution in [1.82, 2.24) is 5.32 Å². The molecule has 0 aliphatic heterocycles. The number of ether oxygens (including phenoxy) is 1. The summed E-state index contributed by atoms with van der Waals surface area (Å²) in [5, 5.41) is 3.19. The van der Waals surface area contributed by atoms with E-state index < -0.39 is 0 Å². The highest BCUT2D eigenvalue weighted by Gasteiger charge is 2.37. The highest BCUT2D eigenvalue weighted by Crippen LogP contribution is 2.43. The summed E-state index contributed by atoms with van der Waals surface area (Å²) in [6, 6.07) is 0. The lowest BCUT2D eigenvalue weighted by molar-refractivity contribution is -0.126. The molecule has 2 aliphatic rings. The van der Waals surface area contributed by atoms with Crippen molar-refractivity contribution in [3.8, 4) is 0 Å². The summed E-state index contributed by atoms with van der Waals surface area (Å²) in [4.78, 5) is 12.1. The van der Waals surface area contributed by atoms with Gasteiger partial charge in [-0.1, -0.05) is 18.6 Å². The first-order valence-corrected chi connectivity index (χ1v) is 7.76. The largest absolute Gasteiger partial charge is 0.382 e. The van der Waals surface area contributed by atoms with Crippen molar-refractivity contribution in [2.45, 2.75) is 51.9 Å². The third-order valence-electron chi connectivity index (χ3n) is 4.67. The number of amides is 1. The lowest BCUT2D eigenvalue weighted by Crippen LogP contribution is -2.44. The van der Waals surface area contributed by atoms with Crippen LogP contribution in [0.1, 0.15) is 51.9 Å². The maximum atomic E-state index is 12.1. The molecule has 1 N–H and O–H groups in total. The van der Waals surface area contributed by atoms with Gasteiger partial charge in [0.15, 0.2) is 0 Å². The summed E-state index contributed by atoms with van der Waals surface area (Å²) in [5.41, 5.74) is 0.329. The highest BCUT2D eigenvalue weighted by molar-refractivity contribution is 5.79. The number of nitrogens with one attached hydrogen (secondary N) is 1. The fraction of sp³-hybridized carbons (Fsp3) is 0.812. The predicted molar refractivity (Wildman–Crippen MR) is 76.9 cm³/mol. The second-order valence-corrected chi connectivity index (χ2v) is 6.00. The Kier molecular flexibility index (Phi) is 5.44. The maximum absolute atomic E-state index is 12.1. The Hall–Kier alpha value is -0.830. The Balaban J connectivity index is 1.73. The van der Waals surface area contributed by atoms with Crippen molar-refractivity contribution in [3.63, 3.8) is 0 Å². The summed E-state index contributed by atoms with van der Waals surface area (Å²) in [5.74, 6) is 0.459. The minimum absolute atomic E-state index is 0.203. The molecule has 1 unspecified atom stereocenters.